The van der Waals surface area contributed by atoms with Crippen LogP contribution in [0.25, 0.3) is 0 Å². The Kier molecular flexibility index (Phi) is 4.41. The summed E-state index contributed by atoms with van der Waals surface area (Å²) in [6, 6.07) is 2.43. The number of hydrogen-bond donors (Lipinski definition) is 3. The van der Waals surface area contributed by atoms with Gasteiger partial charge in [-0.1, -0.05) is 0 Å². The fourth-order valence-electron chi connectivity index (χ4n) is 1.12. The van der Waals surface area contributed by atoms with Crippen molar-refractivity contribution in [2.24, 2.45) is 0 Å². The third-order valence-corrected chi connectivity index (χ3v) is 1.82. The molecule has 0 aliphatic rings. The van der Waals surface area contributed by atoms with E-state index in [0.29, 0.717) is 5.69 Å². The number of nitrogens with zero attached hydrogens (tertiary/aromatic N) is 2. The summed E-state index contributed by atoms with van der Waals surface area (Å²) in [5, 5.41) is 12.8. The minimum Gasteiger partial charge on any atom is -0.478 e. The van der Waals surface area contributed by atoms with Gasteiger partial charge in [-0.25, -0.2) is 14.6 Å². The Labute approximate surface area is 98.4 Å². The lowest BCUT2D eigenvalue weighted by atomic mass is 10.2. The number of aromatic nitrogens is 1. The van der Waals surface area contributed by atoms with Crippen molar-refractivity contribution in [1.29, 1.82) is 0 Å². The summed E-state index contributed by atoms with van der Waals surface area (Å²) in [5.41, 5.74) is 3.12. The van der Waals surface area contributed by atoms with Crippen LogP contribution in [0.2, 0.25) is 0 Å². The zero-order valence-corrected chi connectivity index (χ0v) is 9.60. The third kappa shape index (κ3) is 4.47. The molecule has 2 amide bonds. The van der Waals surface area contributed by atoms with Crippen LogP contribution in [-0.4, -0.2) is 41.2 Å². The number of urea groups is 1. The van der Waals surface area contributed by atoms with E-state index in [4.69, 9.17) is 5.11 Å². The molecule has 0 aliphatic carbocycles. The van der Waals surface area contributed by atoms with Gasteiger partial charge in [0.2, 0.25) is 0 Å². The number of hydrazine groups is 1. The van der Waals surface area contributed by atoms with Crippen molar-refractivity contribution in [3.8, 4) is 0 Å². The van der Waals surface area contributed by atoms with E-state index in [1.807, 2.05) is 0 Å². The number of rotatable bonds is 4. The van der Waals surface area contributed by atoms with E-state index in [0.717, 1.165) is 0 Å². The van der Waals surface area contributed by atoms with Gasteiger partial charge in [-0.2, -0.15) is 0 Å². The summed E-state index contributed by atoms with van der Waals surface area (Å²) in [6.07, 6.45) is 1.39. The standard InChI is InChI=1S/C10H14N4O3/c1-14(2)13-10(17)12-6-8-5-7(9(15)16)3-4-11-8/h3-5H,6H2,1-2H3,(H,15,16)(H2,12,13,17). The van der Waals surface area contributed by atoms with Crippen molar-refractivity contribution in [3.05, 3.63) is 29.6 Å². The molecule has 0 atom stereocenters. The van der Waals surface area contributed by atoms with Gasteiger partial charge in [0.1, 0.15) is 0 Å². The van der Waals surface area contributed by atoms with Gasteiger partial charge >= 0.3 is 12.0 Å². The quantitative estimate of drug-likeness (QED) is 0.644. The van der Waals surface area contributed by atoms with Crippen LogP contribution in [0.1, 0.15) is 16.1 Å². The number of hydrogen-bond acceptors (Lipinski definition) is 4. The van der Waals surface area contributed by atoms with Crippen molar-refractivity contribution in [3.63, 3.8) is 0 Å². The highest BCUT2D eigenvalue weighted by molar-refractivity contribution is 5.87. The maximum atomic E-state index is 11.2. The monoisotopic (exact) mass is 238 g/mol. The van der Waals surface area contributed by atoms with E-state index < -0.39 is 5.97 Å². The molecule has 0 aliphatic heterocycles. The van der Waals surface area contributed by atoms with Crippen LogP contribution >= 0.6 is 0 Å². The molecule has 0 bridgehead atoms. The van der Waals surface area contributed by atoms with E-state index >= 15 is 0 Å². The number of carboxylic acid groups (broad SMARTS) is 1. The SMILES string of the molecule is CN(C)NC(=O)NCc1cc(C(=O)O)ccn1. The molecule has 1 aromatic rings. The van der Waals surface area contributed by atoms with E-state index in [2.05, 4.69) is 15.7 Å². The maximum absolute atomic E-state index is 11.2. The number of aromatic carboxylic acids is 1. The number of pyridine rings is 1. The molecule has 0 unspecified atom stereocenters. The van der Waals surface area contributed by atoms with E-state index in [-0.39, 0.29) is 18.1 Å². The summed E-state index contributed by atoms with van der Waals surface area (Å²) in [7, 11) is 3.37. The number of carbonyl (C=O) groups excluding carboxylic acids is 1. The molecule has 1 rings (SSSR count). The summed E-state index contributed by atoms with van der Waals surface area (Å²) in [5.74, 6) is -1.02. The lowest BCUT2D eigenvalue weighted by Crippen LogP contribution is -2.43. The van der Waals surface area contributed by atoms with Gasteiger partial charge in [-0.05, 0) is 12.1 Å². The molecule has 7 nitrogen and oxygen atoms in total. The smallest absolute Gasteiger partial charge is 0.335 e. The average molecular weight is 238 g/mol. The van der Waals surface area contributed by atoms with Crippen LogP contribution in [0.5, 0.6) is 0 Å². The first-order valence-corrected chi connectivity index (χ1v) is 4.89. The van der Waals surface area contributed by atoms with Crippen molar-refractivity contribution in [2.75, 3.05) is 14.1 Å². The van der Waals surface area contributed by atoms with E-state index in [9.17, 15) is 9.59 Å². The first kappa shape index (κ1) is 12.9. The van der Waals surface area contributed by atoms with Crippen molar-refractivity contribution < 1.29 is 14.7 Å². The number of nitrogens with one attached hydrogen (secondary N) is 2. The summed E-state index contributed by atoms with van der Waals surface area (Å²) in [4.78, 5) is 25.9. The molecule has 3 N–H and O–H groups in total. The molecule has 0 fully saturated rings. The summed E-state index contributed by atoms with van der Waals surface area (Å²) in [6.45, 7) is 0.167. The Bertz CT molecular complexity index is 420. The molecule has 0 spiro atoms. The largest absolute Gasteiger partial charge is 0.478 e. The Morgan fingerprint density at radius 3 is 2.76 bits per heavy atom. The molecular weight excluding hydrogens is 224 g/mol. The first-order chi connectivity index (χ1) is 7.99. The van der Waals surface area contributed by atoms with Crippen molar-refractivity contribution >= 4 is 12.0 Å². The Balaban J connectivity index is 2.54. The van der Waals surface area contributed by atoms with Crippen LogP contribution < -0.4 is 10.7 Å². The minimum absolute atomic E-state index is 0.143. The zero-order chi connectivity index (χ0) is 12.8. The fourth-order valence-corrected chi connectivity index (χ4v) is 1.12. The third-order valence-electron chi connectivity index (χ3n) is 1.82. The molecule has 0 saturated carbocycles. The van der Waals surface area contributed by atoms with E-state index in [1.165, 1.54) is 23.3 Å². The van der Waals surface area contributed by atoms with Crippen LogP contribution in [0.3, 0.4) is 0 Å². The molecule has 17 heavy (non-hydrogen) atoms. The normalized spacial score (nSPS) is 10.1. The molecular formula is C10H14N4O3. The van der Waals surface area contributed by atoms with Crippen LogP contribution in [0.15, 0.2) is 18.3 Å². The average Bonchev–Trinajstić information content (AvgIpc) is 2.26. The molecule has 1 heterocycles. The molecule has 0 aromatic carbocycles. The highest BCUT2D eigenvalue weighted by atomic mass is 16.4. The van der Waals surface area contributed by atoms with Gasteiger partial charge in [0.05, 0.1) is 17.8 Å². The second-order valence-electron chi connectivity index (χ2n) is 3.53. The van der Waals surface area contributed by atoms with Crippen molar-refractivity contribution in [1.82, 2.24) is 20.7 Å². The molecule has 7 heteroatoms. The molecule has 0 saturated heterocycles. The Morgan fingerprint density at radius 2 is 2.18 bits per heavy atom. The Morgan fingerprint density at radius 1 is 1.47 bits per heavy atom. The molecule has 0 radical (unpaired) electrons. The molecule has 1 aromatic heterocycles. The van der Waals surface area contributed by atoms with E-state index in [1.54, 1.807) is 14.1 Å². The van der Waals surface area contributed by atoms with Crippen LogP contribution in [0.4, 0.5) is 4.79 Å². The Hall–Kier alpha value is -2.15. The van der Waals surface area contributed by atoms with Crippen LogP contribution in [0, 0.1) is 0 Å². The molecule has 92 valence electrons. The van der Waals surface area contributed by atoms with Gasteiger partial charge < -0.3 is 10.4 Å². The highest BCUT2D eigenvalue weighted by Crippen LogP contribution is 2.01. The number of carbonyl (C=O) groups is 2. The zero-order valence-electron chi connectivity index (χ0n) is 9.60. The summed E-state index contributed by atoms with van der Waals surface area (Å²) >= 11 is 0. The lowest BCUT2D eigenvalue weighted by molar-refractivity contribution is 0.0696. The van der Waals surface area contributed by atoms with Crippen LogP contribution in [-0.2, 0) is 6.54 Å². The topological polar surface area (TPSA) is 94.6 Å². The van der Waals surface area contributed by atoms with Crippen molar-refractivity contribution in [2.45, 2.75) is 6.54 Å². The number of amides is 2. The first-order valence-electron chi connectivity index (χ1n) is 4.89. The fraction of sp³-hybridized carbons (Fsp3) is 0.300. The predicted molar refractivity (Wildman–Crippen MR) is 60.3 cm³/mol. The summed E-state index contributed by atoms with van der Waals surface area (Å²) < 4.78 is 0. The number of carboxylic acids is 1. The second kappa shape index (κ2) is 5.80. The van der Waals surface area contributed by atoms with Gasteiger partial charge in [0, 0.05) is 20.3 Å². The van der Waals surface area contributed by atoms with Gasteiger partial charge in [0.15, 0.2) is 0 Å². The van der Waals surface area contributed by atoms with Gasteiger partial charge in [0.25, 0.3) is 0 Å². The maximum Gasteiger partial charge on any atom is 0.335 e. The lowest BCUT2D eigenvalue weighted by Gasteiger charge is -2.12. The minimum atomic E-state index is -1.02. The highest BCUT2D eigenvalue weighted by Gasteiger charge is 2.05. The van der Waals surface area contributed by atoms with Gasteiger partial charge in [-0.3, -0.25) is 10.4 Å². The van der Waals surface area contributed by atoms with Gasteiger partial charge in [-0.15, -0.1) is 0 Å². The second-order valence-corrected chi connectivity index (χ2v) is 3.53. The predicted octanol–water partition coefficient (Wildman–Crippen LogP) is 0.0556.